The summed E-state index contributed by atoms with van der Waals surface area (Å²) in [6.45, 7) is 6.68. The van der Waals surface area contributed by atoms with Gasteiger partial charge in [0, 0.05) is 5.92 Å². The molecule has 0 N–H and O–H groups in total. The van der Waals surface area contributed by atoms with E-state index < -0.39 is 7.81 Å². The van der Waals surface area contributed by atoms with E-state index in [1.807, 2.05) is 12.1 Å². The zero-order valence-electron chi connectivity index (χ0n) is 14.8. The van der Waals surface area contributed by atoms with Crippen molar-refractivity contribution in [2.24, 2.45) is 5.92 Å². The average Bonchev–Trinajstić information content (AvgIpc) is 2.51. The Labute approximate surface area is 156 Å². The molecule has 0 saturated carbocycles. The van der Waals surface area contributed by atoms with E-state index >= 15 is 0 Å². The first kappa shape index (κ1) is 21.6. The molecule has 1 aliphatic heterocycles. The number of para-hydroxylation sites is 2. The molecule has 0 radical (unpaired) electrons. The van der Waals surface area contributed by atoms with Crippen molar-refractivity contribution >= 4 is 18.7 Å². The summed E-state index contributed by atoms with van der Waals surface area (Å²) >= 11 is 0. The molecule has 1 aliphatic rings. The molecule has 150 valence electrons. The van der Waals surface area contributed by atoms with Gasteiger partial charge in [-0.15, -0.1) is 0 Å². The Hall–Kier alpha value is -1.66. The van der Waals surface area contributed by atoms with Crippen LogP contribution in [0.15, 0.2) is 69.3 Å². The summed E-state index contributed by atoms with van der Waals surface area (Å²) in [5, 5.41) is 0. The Balaban J connectivity index is 0.000000321. The first-order valence-corrected chi connectivity index (χ1v) is 11.3. The quantitative estimate of drug-likeness (QED) is 0.264. The number of hydrogen-bond acceptors (Lipinski definition) is 1. The van der Waals surface area contributed by atoms with Crippen molar-refractivity contribution in [3.8, 4) is 11.5 Å². The number of fused-ring (bicyclic) bond motifs is 2. The number of halogens is 6. The summed E-state index contributed by atoms with van der Waals surface area (Å²) in [7, 11) is -10.7. The van der Waals surface area contributed by atoms with Gasteiger partial charge in [-0.3, -0.25) is 0 Å². The van der Waals surface area contributed by atoms with Crippen LogP contribution in [0.3, 0.4) is 0 Å². The molecular weight excluding hydrogens is 409 g/mol. The Morgan fingerprint density at radius 3 is 1.56 bits per heavy atom. The van der Waals surface area contributed by atoms with Gasteiger partial charge in [0.15, 0.2) is 11.5 Å². The van der Waals surface area contributed by atoms with Gasteiger partial charge in [-0.25, -0.2) is 0 Å². The second-order valence-electron chi connectivity index (χ2n) is 6.11. The van der Waals surface area contributed by atoms with Gasteiger partial charge < -0.3 is 4.74 Å². The van der Waals surface area contributed by atoms with Crippen molar-refractivity contribution in [3.05, 3.63) is 59.5 Å². The second-order valence-corrected chi connectivity index (χ2v) is 9.99. The van der Waals surface area contributed by atoms with E-state index in [0.717, 1.165) is 11.5 Å². The zero-order chi connectivity index (χ0) is 20.5. The number of ether oxygens (including phenoxy) is 1. The molecule has 1 nitrogen and oxygen atoms in total. The Morgan fingerprint density at radius 1 is 0.852 bits per heavy atom. The third-order valence-corrected chi connectivity index (χ3v) is 6.18. The number of benzene rings is 2. The Morgan fingerprint density at radius 2 is 1.22 bits per heavy atom. The molecule has 0 fully saturated rings. The van der Waals surface area contributed by atoms with Crippen molar-refractivity contribution in [2.75, 3.05) is 0 Å². The monoisotopic (exact) mass is 428 g/mol. The van der Waals surface area contributed by atoms with Crippen LogP contribution in [-0.4, -0.2) is 0 Å². The van der Waals surface area contributed by atoms with Gasteiger partial charge in [0.1, 0.15) is 15.8 Å². The van der Waals surface area contributed by atoms with Gasteiger partial charge >= 0.3 is 33.0 Å². The molecule has 2 aromatic rings. The molecule has 0 saturated heterocycles. The maximum absolute atomic E-state index is 10.7. The molecule has 1 heterocycles. The van der Waals surface area contributed by atoms with Gasteiger partial charge in [0.2, 0.25) is 9.79 Å². The fourth-order valence-electron chi connectivity index (χ4n) is 2.58. The summed E-state index contributed by atoms with van der Waals surface area (Å²) in [6, 6.07) is 16.8. The fraction of sp³-hybridized carbons (Fsp3) is 0.222. The van der Waals surface area contributed by atoms with Gasteiger partial charge in [-0.05, 0) is 37.3 Å². The third kappa shape index (κ3) is 6.78. The normalized spacial score (nSPS) is 16.9. The van der Waals surface area contributed by atoms with Crippen LogP contribution in [0.5, 0.6) is 11.5 Å². The molecule has 0 spiro atoms. The number of allylic oxidation sites excluding steroid dienone is 2. The molecule has 3 rings (SSSR count). The molecule has 2 aromatic carbocycles. The Bertz CT molecular complexity index is 805. The zero-order valence-corrected chi connectivity index (χ0v) is 16.5. The first-order valence-electron chi connectivity index (χ1n) is 8.00. The van der Waals surface area contributed by atoms with Crippen molar-refractivity contribution in [3.63, 3.8) is 0 Å². The predicted octanol–water partition coefficient (Wildman–Crippen LogP) is 8.77. The van der Waals surface area contributed by atoms with Crippen LogP contribution in [0.4, 0.5) is 25.2 Å². The molecule has 0 bridgehead atoms. The SMILES string of the molecule is C/C=C(\C(C)C)[S+]1c2ccccc2Oc2ccccc21.F[P-](F)(F)(F)(F)F. The van der Waals surface area contributed by atoms with Crippen LogP contribution in [0.1, 0.15) is 20.8 Å². The molecule has 0 unspecified atom stereocenters. The number of rotatable bonds is 2. The predicted molar refractivity (Wildman–Crippen MR) is 99.0 cm³/mol. The van der Waals surface area contributed by atoms with Crippen molar-refractivity contribution in [1.82, 2.24) is 0 Å². The summed E-state index contributed by atoms with van der Waals surface area (Å²) in [5.74, 6) is 2.52. The van der Waals surface area contributed by atoms with Gasteiger partial charge in [-0.1, -0.05) is 38.1 Å². The van der Waals surface area contributed by atoms with E-state index in [0.29, 0.717) is 5.92 Å². The molecular formula is C18H19F6OPS. The van der Waals surface area contributed by atoms with Crippen LogP contribution in [0.2, 0.25) is 0 Å². The second kappa shape index (κ2) is 6.74. The molecule has 0 aromatic heterocycles. The standard InChI is InChI=1S/C18H19OS.F6P/c1-4-16(13(2)3)20-17-11-7-5-9-14(17)19-15-10-6-8-12-18(15)20;1-7(2,3,4,5)6/h4-13H,1-3H3;/q+1;-1/b16-4+;. The van der Waals surface area contributed by atoms with E-state index in [2.05, 4.69) is 63.2 Å². The van der Waals surface area contributed by atoms with Gasteiger partial charge in [-0.2, -0.15) is 0 Å². The number of hydrogen-bond donors (Lipinski definition) is 0. The van der Waals surface area contributed by atoms with Gasteiger partial charge in [0.05, 0.1) is 0 Å². The van der Waals surface area contributed by atoms with Crippen molar-refractivity contribution in [1.29, 1.82) is 0 Å². The van der Waals surface area contributed by atoms with E-state index in [1.165, 1.54) is 14.7 Å². The van der Waals surface area contributed by atoms with Crippen LogP contribution >= 0.6 is 7.81 Å². The summed E-state index contributed by atoms with van der Waals surface area (Å²) in [6.07, 6.45) is 2.27. The fourth-order valence-corrected chi connectivity index (χ4v) is 5.09. The van der Waals surface area contributed by atoms with Crippen LogP contribution in [0.25, 0.3) is 0 Å². The molecule has 0 atom stereocenters. The van der Waals surface area contributed by atoms with Gasteiger partial charge in [0.25, 0.3) is 0 Å². The van der Waals surface area contributed by atoms with Crippen LogP contribution in [-0.2, 0) is 10.9 Å². The third-order valence-electron chi connectivity index (χ3n) is 3.45. The summed E-state index contributed by atoms with van der Waals surface area (Å²) in [5.41, 5.74) is 0. The average molecular weight is 428 g/mol. The molecule has 0 amide bonds. The van der Waals surface area contributed by atoms with Crippen molar-refractivity contribution < 1.29 is 29.9 Å². The van der Waals surface area contributed by atoms with Crippen LogP contribution in [0, 0.1) is 5.92 Å². The van der Waals surface area contributed by atoms with E-state index in [9.17, 15) is 25.2 Å². The molecule has 9 heteroatoms. The first-order chi connectivity index (χ1) is 12.2. The van der Waals surface area contributed by atoms with Crippen LogP contribution < -0.4 is 4.74 Å². The summed E-state index contributed by atoms with van der Waals surface area (Å²) in [4.78, 5) is 4.08. The molecule has 0 aliphatic carbocycles. The minimum absolute atomic E-state index is 0.0263. The van der Waals surface area contributed by atoms with E-state index in [-0.39, 0.29) is 10.9 Å². The van der Waals surface area contributed by atoms with E-state index in [4.69, 9.17) is 4.74 Å². The molecule has 27 heavy (non-hydrogen) atoms. The van der Waals surface area contributed by atoms with Crippen molar-refractivity contribution in [2.45, 2.75) is 30.6 Å². The Kier molecular flexibility index (Phi) is 5.40. The maximum atomic E-state index is 9.87. The topological polar surface area (TPSA) is 9.23 Å². The van der Waals surface area contributed by atoms with E-state index in [1.54, 1.807) is 0 Å². The minimum atomic E-state index is -10.7. The summed E-state index contributed by atoms with van der Waals surface area (Å²) < 4.78 is 65.3.